The highest BCUT2D eigenvalue weighted by Gasteiger charge is 2.40. The summed E-state index contributed by atoms with van der Waals surface area (Å²) in [7, 11) is 0. The van der Waals surface area contributed by atoms with Gasteiger partial charge in [-0.05, 0) is 28.4 Å². The number of piperidine rings is 1. The molecule has 1 atom stereocenters. The van der Waals surface area contributed by atoms with Gasteiger partial charge in [-0.2, -0.15) is 0 Å². The Kier molecular flexibility index (Phi) is 2.80. The second kappa shape index (κ2) is 4.61. The zero-order chi connectivity index (χ0) is 15.4. The Bertz CT molecular complexity index is 864. The summed E-state index contributed by atoms with van der Waals surface area (Å²) in [6.07, 6.45) is 2.08. The van der Waals surface area contributed by atoms with E-state index in [1.54, 1.807) is 0 Å². The van der Waals surface area contributed by atoms with Crippen LogP contribution in [0.5, 0.6) is 0 Å². The Morgan fingerprint density at radius 2 is 2.09 bits per heavy atom. The number of carbonyl (C=O) groups is 3. The van der Waals surface area contributed by atoms with Crippen LogP contribution < -0.4 is 10.2 Å². The van der Waals surface area contributed by atoms with Crippen molar-refractivity contribution in [1.82, 2.24) is 10.3 Å². The molecule has 2 aromatic rings. The van der Waals surface area contributed by atoms with E-state index < -0.39 is 11.9 Å². The monoisotopic (exact) mass is 359 g/mol. The van der Waals surface area contributed by atoms with Crippen LogP contribution in [0, 0.1) is 0 Å². The molecule has 3 amide bonds. The maximum Gasteiger partial charge on any atom is 0.261 e. The van der Waals surface area contributed by atoms with Gasteiger partial charge in [-0.25, -0.2) is 4.98 Å². The van der Waals surface area contributed by atoms with Crippen LogP contribution in [0.4, 0.5) is 5.69 Å². The van der Waals surface area contributed by atoms with Crippen molar-refractivity contribution in [2.24, 2.45) is 0 Å². The average Bonchev–Trinajstić information content (AvgIpc) is 2.77. The number of amides is 3. The van der Waals surface area contributed by atoms with Gasteiger partial charge in [0.25, 0.3) is 5.91 Å². The van der Waals surface area contributed by atoms with Crippen molar-refractivity contribution >= 4 is 50.1 Å². The summed E-state index contributed by atoms with van der Waals surface area (Å²) < 4.78 is 0.658. The molecule has 2 aliphatic rings. The number of rotatable bonds is 1. The number of carbonyl (C=O) groups excluding carboxylic acids is 3. The van der Waals surface area contributed by atoms with Crippen molar-refractivity contribution < 1.29 is 14.4 Å². The fraction of sp³-hybridized carbons (Fsp3) is 0.200. The molecule has 1 aromatic heterocycles. The van der Waals surface area contributed by atoms with Crippen LogP contribution in [0.25, 0.3) is 10.8 Å². The van der Waals surface area contributed by atoms with Gasteiger partial charge in [0.1, 0.15) is 10.6 Å². The van der Waals surface area contributed by atoms with Gasteiger partial charge in [0, 0.05) is 23.4 Å². The highest BCUT2D eigenvalue weighted by Crippen LogP contribution is 2.41. The normalized spacial score (nSPS) is 20.7. The second-order valence-electron chi connectivity index (χ2n) is 5.30. The number of hydrogen-bond donors (Lipinski definition) is 1. The Hall–Kier alpha value is -2.28. The second-order valence-corrected chi connectivity index (χ2v) is 6.06. The number of anilines is 1. The highest BCUT2D eigenvalue weighted by molar-refractivity contribution is 9.10. The first-order chi connectivity index (χ1) is 10.6. The molecule has 0 bridgehead atoms. The molecule has 3 heterocycles. The first-order valence-electron chi connectivity index (χ1n) is 6.82. The molecule has 2 aliphatic heterocycles. The third-order valence-corrected chi connectivity index (χ3v) is 4.70. The van der Waals surface area contributed by atoms with Crippen molar-refractivity contribution in [3.05, 3.63) is 34.6 Å². The predicted molar refractivity (Wildman–Crippen MR) is 82.4 cm³/mol. The van der Waals surface area contributed by atoms with E-state index in [9.17, 15) is 14.4 Å². The first kappa shape index (κ1) is 13.4. The zero-order valence-corrected chi connectivity index (χ0v) is 12.9. The summed E-state index contributed by atoms with van der Waals surface area (Å²) in [5.41, 5.74) is 1.17. The summed E-state index contributed by atoms with van der Waals surface area (Å²) in [5.74, 6) is -0.977. The van der Waals surface area contributed by atoms with E-state index in [0.717, 1.165) is 10.8 Å². The summed E-state index contributed by atoms with van der Waals surface area (Å²) in [4.78, 5) is 41.8. The lowest BCUT2D eigenvalue weighted by Gasteiger charge is -2.30. The van der Waals surface area contributed by atoms with Crippen LogP contribution in [0.15, 0.2) is 29.0 Å². The molecule has 110 valence electrons. The lowest BCUT2D eigenvalue weighted by Crippen LogP contribution is -2.53. The fourth-order valence-electron chi connectivity index (χ4n) is 3.09. The summed E-state index contributed by atoms with van der Waals surface area (Å²) >= 11 is 3.38. The van der Waals surface area contributed by atoms with Gasteiger partial charge >= 0.3 is 0 Å². The predicted octanol–water partition coefficient (Wildman–Crippen LogP) is 1.76. The van der Waals surface area contributed by atoms with Crippen LogP contribution in [-0.2, 0) is 9.59 Å². The lowest BCUT2D eigenvalue weighted by molar-refractivity contribution is -0.134. The van der Waals surface area contributed by atoms with Gasteiger partial charge in [-0.1, -0.05) is 12.1 Å². The third kappa shape index (κ3) is 1.72. The molecule has 6 nitrogen and oxygen atoms in total. The molecule has 0 radical (unpaired) electrons. The molecular weight excluding hydrogens is 350 g/mol. The Morgan fingerprint density at radius 3 is 2.86 bits per heavy atom. The Balaban J connectivity index is 1.89. The molecule has 1 N–H and O–H groups in total. The number of aromatic nitrogens is 1. The van der Waals surface area contributed by atoms with Gasteiger partial charge in [0.15, 0.2) is 0 Å². The van der Waals surface area contributed by atoms with E-state index in [-0.39, 0.29) is 18.2 Å². The minimum atomic E-state index is -0.665. The van der Waals surface area contributed by atoms with Crippen LogP contribution in [0.1, 0.15) is 23.2 Å². The van der Waals surface area contributed by atoms with Gasteiger partial charge in [0.05, 0.1) is 11.3 Å². The number of nitrogens with zero attached hydrogens (tertiary/aromatic N) is 2. The molecule has 1 fully saturated rings. The maximum absolute atomic E-state index is 12.7. The molecule has 7 heteroatoms. The topological polar surface area (TPSA) is 79.4 Å². The number of benzene rings is 1. The molecule has 1 saturated heterocycles. The average molecular weight is 360 g/mol. The van der Waals surface area contributed by atoms with Crippen molar-refractivity contribution in [3.8, 4) is 0 Å². The van der Waals surface area contributed by atoms with Crippen LogP contribution in [0.2, 0.25) is 0 Å². The molecular formula is C15H10BrN3O3. The van der Waals surface area contributed by atoms with Crippen LogP contribution in [0.3, 0.4) is 0 Å². The summed E-state index contributed by atoms with van der Waals surface area (Å²) in [6, 6.07) is 4.85. The standard InChI is InChI=1S/C15H10BrN3O3/c16-13-7-2-1-3-9-12(7)8(6-17-13)15(22)19(9)10-4-5-11(20)18-14(10)21/h1-3,6,10H,4-5H2,(H,18,20,21). The fourth-order valence-corrected chi connectivity index (χ4v) is 3.52. The molecule has 4 rings (SSSR count). The van der Waals surface area contributed by atoms with E-state index >= 15 is 0 Å². The van der Waals surface area contributed by atoms with E-state index in [2.05, 4.69) is 26.2 Å². The largest absolute Gasteiger partial charge is 0.295 e. The van der Waals surface area contributed by atoms with Gasteiger partial charge in [-0.3, -0.25) is 24.6 Å². The van der Waals surface area contributed by atoms with E-state index in [4.69, 9.17) is 0 Å². The van der Waals surface area contributed by atoms with E-state index in [0.29, 0.717) is 22.3 Å². The van der Waals surface area contributed by atoms with Crippen LogP contribution >= 0.6 is 15.9 Å². The minimum Gasteiger partial charge on any atom is -0.295 e. The van der Waals surface area contributed by atoms with Crippen molar-refractivity contribution in [2.75, 3.05) is 4.90 Å². The highest BCUT2D eigenvalue weighted by atomic mass is 79.9. The number of nitrogens with one attached hydrogen (secondary N) is 1. The van der Waals surface area contributed by atoms with Crippen molar-refractivity contribution in [3.63, 3.8) is 0 Å². The van der Waals surface area contributed by atoms with E-state index in [1.165, 1.54) is 11.1 Å². The SMILES string of the molecule is O=C1CCC(N2C(=O)c3cnc(Br)c4cccc2c34)C(=O)N1. The van der Waals surface area contributed by atoms with Gasteiger partial charge < -0.3 is 0 Å². The van der Waals surface area contributed by atoms with Gasteiger partial charge in [-0.15, -0.1) is 0 Å². The minimum absolute atomic E-state index is 0.231. The lowest BCUT2D eigenvalue weighted by atomic mass is 10.0. The summed E-state index contributed by atoms with van der Waals surface area (Å²) in [5, 5.41) is 3.92. The van der Waals surface area contributed by atoms with E-state index in [1.807, 2.05) is 18.2 Å². The number of imide groups is 1. The Labute approximate surface area is 133 Å². The Morgan fingerprint density at radius 1 is 1.27 bits per heavy atom. The molecule has 0 spiro atoms. The smallest absolute Gasteiger partial charge is 0.261 e. The zero-order valence-electron chi connectivity index (χ0n) is 11.3. The van der Waals surface area contributed by atoms with Gasteiger partial charge in [0.2, 0.25) is 11.8 Å². The van der Waals surface area contributed by atoms with Crippen molar-refractivity contribution in [1.29, 1.82) is 0 Å². The molecule has 0 saturated carbocycles. The molecule has 22 heavy (non-hydrogen) atoms. The van der Waals surface area contributed by atoms with Crippen LogP contribution in [-0.4, -0.2) is 28.7 Å². The number of pyridine rings is 1. The third-order valence-electron chi connectivity index (χ3n) is 4.07. The quantitative estimate of drug-likeness (QED) is 0.621. The molecule has 0 aliphatic carbocycles. The maximum atomic E-state index is 12.7. The number of hydrogen-bond acceptors (Lipinski definition) is 4. The van der Waals surface area contributed by atoms with Crippen molar-refractivity contribution in [2.45, 2.75) is 18.9 Å². The summed E-state index contributed by atoms with van der Waals surface area (Å²) in [6.45, 7) is 0. The first-order valence-corrected chi connectivity index (χ1v) is 7.61. The molecule has 1 unspecified atom stereocenters. The number of halogens is 1. The molecule has 1 aromatic carbocycles.